The van der Waals surface area contributed by atoms with E-state index in [2.05, 4.69) is 0 Å². The van der Waals surface area contributed by atoms with Crippen molar-refractivity contribution in [2.45, 2.75) is 4.90 Å². The summed E-state index contributed by atoms with van der Waals surface area (Å²) in [5, 5.41) is 8.27. The molecule has 8 heteroatoms. The molecule has 2 amide bonds. The summed E-state index contributed by atoms with van der Waals surface area (Å²) in [5.41, 5.74) is 3.61. The van der Waals surface area contributed by atoms with Gasteiger partial charge in [0.15, 0.2) is 9.84 Å². The molecule has 0 saturated carbocycles. The third kappa shape index (κ3) is 3.76. The Hall–Kier alpha value is -2.09. The summed E-state index contributed by atoms with van der Waals surface area (Å²) in [4.78, 5) is 21.5. The number of nitrogens with one attached hydrogen (secondary N) is 2. The molecule has 3 N–H and O–H groups in total. The Bertz CT molecular complexity index is 552. The van der Waals surface area contributed by atoms with Gasteiger partial charge in [-0.2, -0.15) is 0 Å². The average Bonchev–Trinajstić information content (AvgIpc) is 2.25. The van der Waals surface area contributed by atoms with Gasteiger partial charge < -0.3 is 5.11 Å². The maximum absolute atomic E-state index is 11.4. The Balaban J connectivity index is 2.93. The minimum absolute atomic E-state index is 0.0134. The number of rotatable bonds is 2. The van der Waals surface area contributed by atoms with E-state index < -0.39 is 21.8 Å². The van der Waals surface area contributed by atoms with Gasteiger partial charge in [-0.15, -0.1) is 0 Å². The van der Waals surface area contributed by atoms with Gasteiger partial charge in [0, 0.05) is 11.8 Å². The predicted octanol–water partition coefficient (Wildman–Crippen LogP) is 0.00250. The van der Waals surface area contributed by atoms with E-state index in [1.165, 1.54) is 18.2 Å². The summed E-state index contributed by atoms with van der Waals surface area (Å²) in [7, 11) is -3.41. The first-order valence-electron chi connectivity index (χ1n) is 4.40. The molecule has 0 aromatic heterocycles. The van der Waals surface area contributed by atoms with E-state index in [4.69, 9.17) is 5.11 Å². The second-order valence-corrected chi connectivity index (χ2v) is 5.20. The van der Waals surface area contributed by atoms with Gasteiger partial charge >= 0.3 is 6.09 Å². The van der Waals surface area contributed by atoms with Crippen LogP contribution in [0.2, 0.25) is 0 Å². The fourth-order valence-corrected chi connectivity index (χ4v) is 1.72. The molecule has 0 fully saturated rings. The molecule has 0 spiro atoms. The highest BCUT2D eigenvalue weighted by atomic mass is 32.2. The Morgan fingerprint density at radius 3 is 2.41 bits per heavy atom. The van der Waals surface area contributed by atoms with Gasteiger partial charge in [-0.1, -0.05) is 6.07 Å². The molecule has 0 aliphatic heterocycles. The van der Waals surface area contributed by atoms with E-state index in [9.17, 15) is 18.0 Å². The zero-order valence-corrected chi connectivity index (χ0v) is 9.61. The molecule has 0 bridgehead atoms. The molecule has 0 radical (unpaired) electrons. The second-order valence-electron chi connectivity index (χ2n) is 3.18. The maximum atomic E-state index is 11.4. The average molecular weight is 258 g/mol. The highest BCUT2D eigenvalue weighted by molar-refractivity contribution is 7.90. The van der Waals surface area contributed by atoms with E-state index in [0.29, 0.717) is 0 Å². The van der Waals surface area contributed by atoms with Crippen LogP contribution in [0.1, 0.15) is 10.4 Å². The van der Waals surface area contributed by atoms with Crippen molar-refractivity contribution in [3.63, 3.8) is 0 Å². The van der Waals surface area contributed by atoms with Crippen molar-refractivity contribution in [2.24, 2.45) is 0 Å². The topological polar surface area (TPSA) is 113 Å². The smallest absolute Gasteiger partial charge is 0.423 e. The van der Waals surface area contributed by atoms with Crippen LogP contribution in [-0.2, 0) is 9.84 Å². The van der Waals surface area contributed by atoms with Gasteiger partial charge in [0.1, 0.15) is 0 Å². The predicted molar refractivity (Wildman–Crippen MR) is 58.2 cm³/mol. The van der Waals surface area contributed by atoms with Gasteiger partial charge in [0.2, 0.25) is 0 Å². The first-order chi connectivity index (χ1) is 7.80. The van der Waals surface area contributed by atoms with Crippen LogP contribution in [0.4, 0.5) is 4.79 Å². The van der Waals surface area contributed by atoms with E-state index >= 15 is 0 Å². The van der Waals surface area contributed by atoms with Gasteiger partial charge in [-0.25, -0.2) is 18.6 Å². The third-order valence-corrected chi connectivity index (χ3v) is 2.92. The van der Waals surface area contributed by atoms with Crippen LogP contribution in [0.3, 0.4) is 0 Å². The first kappa shape index (κ1) is 13.0. The molecule has 17 heavy (non-hydrogen) atoms. The highest BCUT2D eigenvalue weighted by Gasteiger charge is 2.11. The number of carbonyl (C=O) groups is 2. The van der Waals surface area contributed by atoms with Crippen LogP contribution in [0.15, 0.2) is 29.2 Å². The molecular formula is C9H10N2O5S. The Labute approximate surface area is 97.3 Å². The lowest BCUT2D eigenvalue weighted by atomic mass is 10.2. The number of sulfone groups is 1. The zero-order chi connectivity index (χ0) is 13.1. The summed E-state index contributed by atoms with van der Waals surface area (Å²) in [5.74, 6) is -0.738. The molecule has 92 valence electrons. The fraction of sp³-hybridized carbons (Fsp3) is 0.111. The minimum atomic E-state index is -3.41. The SMILES string of the molecule is CS(=O)(=O)c1cccc(C(=O)NNC(=O)O)c1. The number of hydrogen-bond acceptors (Lipinski definition) is 4. The van der Waals surface area contributed by atoms with Gasteiger partial charge in [0.25, 0.3) is 5.91 Å². The fourth-order valence-electron chi connectivity index (χ4n) is 1.05. The monoisotopic (exact) mass is 258 g/mol. The summed E-state index contributed by atoms with van der Waals surface area (Å²) < 4.78 is 22.5. The second kappa shape index (κ2) is 4.83. The maximum Gasteiger partial charge on any atom is 0.423 e. The van der Waals surface area contributed by atoms with Gasteiger partial charge in [-0.05, 0) is 18.2 Å². The molecule has 7 nitrogen and oxygen atoms in total. The standard InChI is InChI=1S/C9H10N2O5S/c1-17(15,16)7-4-2-3-6(5-7)8(12)10-11-9(13)14/h2-5,11H,1H3,(H,10,12)(H,13,14). The van der Waals surface area contributed by atoms with Crippen molar-refractivity contribution in [2.75, 3.05) is 6.26 Å². The summed E-state index contributed by atoms with van der Waals surface area (Å²) in [6, 6.07) is 5.27. The van der Waals surface area contributed by atoms with E-state index in [-0.39, 0.29) is 10.5 Å². The van der Waals surface area contributed by atoms with Crippen molar-refractivity contribution >= 4 is 21.8 Å². The quantitative estimate of drug-likeness (QED) is 0.646. The number of benzene rings is 1. The third-order valence-electron chi connectivity index (χ3n) is 1.81. The Kier molecular flexibility index (Phi) is 3.69. The van der Waals surface area contributed by atoms with Crippen LogP contribution in [0.5, 0.6) is 0 Å². The molecule has 1 aromatic rings. The summed E-state index contributed by atoms with van der Waals surface area (Å²) in [6.07, 6.45) is -0.405. The van der Waals surface area contributed by atoms with Crippen molar-refractivity contribution in [3.8, 4) is 0 Å². The number of carbonyl (C=O) groups excluding carboxylic acids is 1. The number of hydrazine groups is 1. The molecule has 0 aliphatic carbocycles. The van der Waals surface area contributed by atoms with Gasteiger partial charge in [-0.3, -0.25) is 10.2 Å². The lowest BCUT2D eigenvalue weighted by molar-refractivity contribution is 0.0926. The number of carboxylic acid groups (broad SMARTS) is 1. The molecule has 0 unspecified atom stereocenters. The zero-order valence-electron chi connectivity index (χ0n) is 8.80. The normalized spacial score (nSPS) is 10.6. The lowest BCUT2D eigenvalue weighted by Gasteiger charge is -2.05. The molecule has 0 saturated heterocycles. The molecular weight excluding hydrogens is 248 g/mol. The van der Waals surface area contributed by atoms with Crippen molar-refractivity contribution in [3.05, 3.63) is 29.8 Å². The van der Waals surface area contributed by atoms with Crippen molar-refractivity contribution < 1.29 is 23.1 Å². The van der Waals surface area contributed by atoms with Crippen LogP contribution in [0.25, 0.3) is 0 Å². The molecule has 0 heterocycles. The summed E-state index contributed by atoms with van der Waals surface area (Å²) in [6.45, 7) is 0. The first-order valence-corrected chi connectivity index (χ1v) is 6.29. The van der Waals surface area contributed by atoms with E-state index in [0.717, 1.165) is 12.3 Å². The molecule has 1 rings (SSSR count). The number of amides is 2. The minimum Gasteiger partial charge on any atom is -0.464 e. The highest BCUT2D eigenvalue weighted by Crippen LogP contribution is 2.10. The van der Waals surface area contributed by atoms with Crippen molar-refractivity contribution in [1.29, 1.82) is 0 Å². The number of hydrogen-bond donors (Lipinski definition) is 3. The Morgan fingerprint density at radius 1 is 1.24 bits per heavy atom. The Morgan fingerprint density at radius 2 is 1.88 bits per heavy atom. The van der Waals surface area contributed by atoms with Crippen molar-refractivity contribution in [1.82, 2.24) is 10.9 Å². The lowest BCUT2D eigenvalue weighted by Crippen LogP contribution is -2.40. The van der Waals surface area contributed by atoms with E-state index in [1.807, 2.05) is 5.43 Å². The van der Waals surface area contributed by atoms with E-state index in [1.54, 1.807) is 5.43 Å². The molecule has 0 atom stereocenters. The van der Waals surface area contributed by atoms with Crippen LogP contribution in [0, 0.1) is 0 Å². The summed E-state index contributed by atoms with van der Waals surface area (Å²) >= 11 is 0. The molecule has 1 aromatic carbocycles. The van der Waals surface area contributed by atoms with Gasteiger partial charge in [0.05, 0.1) is 4.90 Å². The van der Waals surface area contributed by atoms with Crippen LogP contribution >= 0.6 is 0 Å². The van der Waals surface area contributed by atoms with Crippen LogP contribution < -0.4 is 10.9 Å². The largest absolute Gasteiger partial charge is 0.464 e. The van der Waals surface area contributed by atoms with Crippen LogP contribution in [-0.4, -0.2) is 31.8 Å². The molecule has 0 aliphatic rings.